The number of ether oxygens (including phenoxy) is 4. The molecule has 41 heavy (non-hydrogen) atoms. The Morgan fingerprint density at radius 3 is 2.83 bits per heavy atom. The van der Waals surface area contributed by atoms with Gasteiger partial charge in [0.05, 0.1) is 31.6 Å². The highest BCUT2D eigenvalue weighted by Gasteiger charge is 2.25. The number of carbonyl (C=O) groups is 1. The van der Waals surface area contributed by atoms with Crippen LogP contribution in [0, 0.1) is 0 Å². The van der Waals surface area contributed by atoms with Crippen molar-refractivity contribution in [1.29, 1.82) is 0 Å². The largest absolute Gasteiger partial charge is 0.493 e. The molecule has 1 amide bonds. The maximum Gasteiger partial charge on any atom is 0.407 e. The smallest absolute Gasteiger partial charge is 0.407 e. The third kappa shape index (κ3) is 7.26. The van der Waals surface area contributed by atoms with Crippen molar-refractivity contribution in [3.63, 3.8) is 0 Å². The number of fused-ring (bicyclic) bond motifs is 1. The molecule has 0 aromatic carbocycles. The van der Waals surface area contributed by atoms with E-state index in [1.807, 2.05) is 43.7 Å². The molecule has 1 N–H and O–H groups in total. The zero-order valence-corrected chi connectivity index (χ0v) is 24.6. The third-order valence-electron chi connectivity index (χ3n) is 7.18. The number of hydrogen-bond donors (Lipinski definition) is 1. The van der Waals surface area contributed by atoms with E-state index in [-0.39, 0.29) is 12.3 Å². The predicted octanol–water partition coefficient (Wildman–Crippen LogP) is 5.10. The molecule has 0 aliphatic carbocycles. The Balaban J connectivity index is 1.38. The van der Waals surface area contributed by atoms with E-state index in [0.717, 1.165) is 79.1 Å². The fraction of sp³-hybridized carbons (Fsp3) is 0.600. The first kappa shape index (κ1) is 29.1. The molecule has 222 valence electrons. The van der Waals surface area contributed by atoms with Gasteiger partial charge in [0.25, 0.3) is 0 Å². The van der Waals surface area contributed by atoms with E-state index in [1.54, 1.807) is 12.4 Å². The van der Waals surface area contributed by atoms with Gasteiger partial charge in [0.15, 0.2) is 6.23 Å². The number of unbranched alkanes of at least 4 members (excludes halogenated alkanes) is 1. The summed E-state index contributed by atoms with van der Waals surface area (Å²) in [7, 11) is 0. The first-order valence-electron chi connectivity index (χ1n) is 14.7. The summed E-state index contributed by atoms with van der Waals surface area (Å²) in [6.45, 7) is 11.5. The summed E-state index contributed by atoms with van der Waals surface area (Å²) in [6, 6.07) is 6.13. The second-order valence-corrected chi connectivity index (χ2v) is 11.6. The van der Waals surface area contributed by atoms with Crippen molar-refractivity contribution in [3.8, 4) is 17.1 Å². The van der Waals surface area contributed by atoms with Crippen molar-refractivity contribution < 1.29 is 23.7 Å². The predicted molar refractivity (Wildman–Crippen MR) is 156 cm³/mol. The Bertz CT molecular complexity index is 1320. The lowest BCUT2D eigenvalue weighted by molar-refractivity contribution is -0.0383. The van der Waals surface area contributed by atoms with Gasteiger partial charge in [0, 0.05) is 43.5 Å². The Labute approximate surface area is 241 Å². The van der Waals surface area contributed by atoms with Gasteiger partial charge < -0.3 is 29.2 Å². The van der Waals surface area contributed by atoms with Crippen LogP contribution in [-0.4, -0.2) is 77.0 Å². The van der Waals surface area contributed by atoms with Crippen molar-refractivity contribution in [2.24, 2.45) is 0 Å². The maximum atomic E-state index is 11.9. The van der Waals surface area contributed by atoms with Gasteiger partial charge in [-0.3, -0.25) is 4.98 Å². The molecule has 3 aromatic heterocycles. The van der Waals surface area contributed by atoms with E-state index in [2.05, 4.69) is 22.2 Å². The SMILES string of the molecule is CC1COCCN1c1cc(OCCCCNC(=O)OC(C)(C)C)c2ccnc(-c3ccnn3C3CCCCO3)c2n1. The van der Waals surface area contributed by atoms with Crippen molar-refractivity contribution in [2.75, 3.05) is 44.4 Å². The van der Waals surface area contributed by atoms with Crippen molar-refractivity contribution in [3.05, 3.63) is 30.6 Å². The summed E-state index contributed by atoms with van der Waals surface area (Å²) in [5.41, 5.74) is 1.88. The number of pyridine rings is 2. The van der Waals surface area contributed by atoms with Crippen molar-refractivity contribution in [2.45, 2.75) is 77.7 Å². The molecule has 0 radical (unpaired) electrons. The molecule has 3 aromatic rings. The van der Waals surface area contributed by atoms with Gasteiger partial charge in [-0.15, -0.1) is 0 Å². The molecule has 2 unspecified atom stereocenters. The maximum absolute atomic E-state index is 11.9. The lowest BCUT2D eigenvalue weighted by atomic mass is 10.1. The normalized spacial score (nSPS) is 19.8. The van der Waals surface area contributed by atoms with Crippen LogP contribution in [-0.2, 0) is 14.2 Å². The Morgan fingerprint density at radius 2 is 2.05 bits per heavy atom. The number of rotatable bonds is 9. The van der Waals surface area contributed by atoms with Crippen LogP contribution < -0.4 is 15.0 Å². The van der Waals surface area contributed by atoms with Gasteiger partial charge in [-0.2, -0.15) is 5.10 Å². The van der Waals surface area contributed by atoms with Gasteiger partial charge in [0.2, 0.25) is 0 Å². The topological polar surface area (TPSA) is 113 Å². The summed E-state index contributed by atoms with van der Waals surface area (Å²) in [4.78, 5) is 24.1. The highest BCUT2D eigenvalue weighted by molar-refractivity contribution is 5.95. The number of carbonyl (C=O) groups excluding carboxylic acids is 1. The van der Waals surface area contributed by atoms with Gasteiger partial charge in [-0.1, -0.05) is 0 Å². The molecular formula is C30H42N6O5. The number of anilines is 1. The third-order valence-corrected chi connectivity index (χ3v) is 7.18. The van der Waals surface area contributed by atoms with Crippen LogP contribution in [0.3, 0.4) is 0 Å². The Hall–Kier alpha value is -3.44. The highest BCUT2D eigenvalue weighted by Crippen LogP contribution is 2.36. The molecule has 5 rings (SSSR count). The highest BCUT2D eigenvalue weighted by atomic mass is 16.6. The average Bonchev–Trinajstić information content (AvgIpc) is 3.44. The van der Waals surface area contributed by atoms with E-state index in [9.17, 15) is 4.79 Å². The number of morpholine rings is 1. The molecule has 11 heteroatoms. The number of aromatic nitrogens is 4. The summed E-state index contributed by atoms with van der Waals surface area (Å²) in [6.07, 6.45) is 7.71. The number of nitrogens with one attached hydrogen (secondary N) is 1. The molecule has 2 fully saturated rings. The van der Waals surface area contributed by atoms with Crippen LogP contribution in [0.1, 0.15) is 66.0 Å². The summed E-state index contributed by atoms with van der Waals surface area (Å²) in [5.74, 6) is 1.59. The Kier molecular flexibility index (Phi) is 9.24. The quantitative estimate of drug-likeness (QED) is 0.353. The summed E-state index contributed by atoms with van der Waals surface area (Å²) < 4.78 is 25.4. The van der Waals surface area contributed by atoms with Crippen molar-refractivity contribution >= 4 is 22.8 Å². The van der Waals surface area contributed by atoms with Crippen LogP contribution in [0.25, 0.3) is 22.3 Å². The van der Waals surface area contributed by atoms with Crippen LogP contribution in [0.2, 0.25) is 0 Å². The summed E-state index contributed by atoms with van der Waals surface area (Å²) in [5, 5.41) is 8.31. The van der Waals surface area contributed by atoms with E-state index < -0.39 is 11.7 Å². The van der Waals surface area contributed by atoms with E-state index in [1.165, 1.54) is 0 Å². The molecule has 0 saturated carbocycles. The monoisotopic (exact) mass is 566 g/mol. The first-order valence-corrected chi connectivity index (χ1v) is 14.7. The van der Waals surface area contributed by atoms with Gasteiger partial charge in [-0.05, 0) is 71.9 Å². The molecular weight excluding hydrogens is 524 g/mol. The van der Waals surface area contributed by atoms with Crippen LogP contribution in [0.15, 0.2) is 30.6 Å². The lowest BCUT2D eigenvalue weighted by Gasteiger charge is -2.34. The zero-order valence-electron chi connectivity index (χ0n) is 24.6. The second-order valence-electron chi connectivity index (χ2n) is 11.6. The number of alkyl carbamates (subject to hydrolysis) is 1. The number of nitrogens with zero attached hydrogens (tertiary/aromatic N) is 5. The van der Waals surface area contributed by atoms with Crippen LogP contribution in [0.4, 0.5) is 10.6 Å². The van der Waals surface area contributed by atoms with Crippen LogP contribution >= 0.6 is 0 Å². The minimum Gasteiger partial charge on any atom is -0.493 e. The molecule has 2 atom stereocenters. The Morgan fingerprint density at radius 1 is 1.17 bits per heavy atom. The fourth-order valence-corrected chi connectivity index (χ4v) is 5.19. The molecule has 0 spiro atoms. The standard InChI is InChI=1S/C30H42N6O5/c1-21-20-38-18-15-35(21)25-19-24(39-16-8-6-12-32-29(37)41-30(2,3)4)22-10-13-31-28(27(22)34-25)23-11-14-33-36(23)26-9-5-7-17-40-26/h10-11,13-14,19,21,26H,5-9,12,15-18,20H2,1-4H3,(H,32,37). The lowest BCUT2D eigenvalue weighted by Crippen LogP contribution is -2.44. The van der Waals surface area contributed by atoms with E-state index in [4.69, 9.17) is 28.9 Å². The van der Waals surface area contributed by atoms with Gasteiger partial charge >= 0.3 is 6.09 Å². The van der Waals surface area contributed by atoms with E-state index >= 15 is 0 Å². The molecule has 11 nitrogen and oxygen atoms in total. The molecule has 2 aliphatic heterocycles. The van der Waals surface area contributed by atoms with Gasteiger partial charge in [-0.25, -0.2) is 14.5 Å². The first-order chi connectivity index (χ1) is 19.8. The van der Waals surface area contributed by atoms with Gasteiger partial charge in [0.1, 0.15) is 28.4 Å². The molecule has 5 heterocycles. The summed E-state index contributed by atoms with van der Waals surface area (Å²) >= 11 is 0. The van der Waals surface area contributed by atoms with E-state index in [0.29, 0.717) is 26.4 Å². The van der Waals surface area contributed by atoms with Crippen molar-refractivity contribution in [1.82, 2.24) is 25.1 Å². The fourth-order valence-electron chi connectivity index (χ4n) is 5.19. The number of hydrogen-bond acceptors (Lipinski definition) is 9. The molecule has 2 saturated heterocycles. The minimum absolute atomic E-state index is 0.113. The molecule has 2 aliphatic rings. The second kappa shape index (κ2) is 13.0. The zero-order chi connectivity index (χ0) is 28.8. The number of amides is 1. The molecule has 0 bridgehead atoms. The minimum atomic E-state index is -0.514. The average molecular weight is 567 g/mol. The van der Waals surface area contributed by atoms with Crippen LogP contribution in [0.5, 0.6) is 5.75 Å².